The van der Waals surface area contributed by atoms with Gasteiger partial charge in [-0.1, -0.05) is 48.1 Å². The van der Waals surface area contributed by atoms with Crippen LogP contribution in [0.1, 0.15) is 53.2 Å². The highest BCUT2D eigenvalue weighted by molar-refractivity contribution is 6.02. The molecule has 0 saturated heterocycles. The Bertz CT molecular complexity index is 896. The number of hydrogen-bond acceptors (Lipinski definition) is 3. The molecule has 0 aromatic heterocycles. The minimum Gasteiger partial charge on any atom is -0.507 e. The number of aromatic hydroxyl groups is 1. The van der Waals surface area contributed by atoms with E-state index in [2.05, 4.69) is 11.9 Å². The van der Waals surface area contributed by atoms with Crippen molar-refractivity contribution in [3.05, 3.63) is 70.8 Å². The fourth-order valence-corrected chi connectivity index (χ4v) is 3.07. The number of carbonyl (C=O) groups is 1. The lowest BCUT2D eigenvalue weighted by atomic mass is 9.95. The topological polar surface area (TPSA) is 58.6 Å². The number of phenolic OH excluding ortho intramolecular Hbond substituents is 1. The van der Waals surface area contributed by atoms with Gasteiger partial charge in [-0.2, -0.15) is 0 Å². The molecule has 1 aliphatic carbocycles. The maximum atomic E-state index is 12.9. The Morgan fingerprint density at radius 1 is 1.29 bits per heavy atom. The molecular weight excluding hydrogens is 350 g/mol. The summed E-state index contributed by atoms with van der Waals surface area (Å²) in [6.07, 6.45) is 7.03. The van der Waals surface area contributed by atoms with E-state index in [1.807, 2.05) is 55.5 Å². The molecule has 4 nitrogen and oxygen atoms in total. The Labute approximate surface area is 166 Å². The predicted octanol–water partition coefficient (Wildman–Crippen LogP) is 4.97. The van der Waals surface area contributed by atoms with E-state index < -0.39 is 0 Å². The highest BCUT2D eigenvalue weighted by atomic mass is 16.5. The van der Waals surface area contributed by atoms with Gasteiger partial charge in [-0.05, 0) is 49.8 Å². The lowest BCUT2D eigenvalue weighted by Gasteiger charge is -2.17. The minimum absolute atomic E-state index is 0.00791. The summed E-state index contributed by atoms with van der Waals surface area (Å²) in [7, 11) is 1.58. The van der Waals surface area contributed by atoms with Crippen molar-refractivity contribution in [2.24, 2.45) is 0 Å². The van der Waals surface area contributed by atoms with Crippen molar-refractivity contribution in [1.82, 2.24) is 5.32 Å². The van der Waals surface area contributed by atoms with Crippen LogP contribution in [0.2, 0.25) is 0 Å². The molecule has 146 valence electrons. The maximum Gasteiger partial charge on any atom is 0.255 e. The molecule has 0 radical (unpaired) electrons. The lowest BCUT2D eigenvalue weighted by molar-refractivity contribution is 0.0948. The van der Waals surface area contributed by atoms with Crippen molar-refractivity contribution in [3.8, 4) is 11.5 Å². The molecule has 2 aromatic rings. The first kappa shape index (κ1) is 19.7. The number of allylic oxidation sites excluding steroid dienone is 1. The maximum absolute atomic E-state index is 12.9. The van der Waals surface area contributed by atoms with Crippen LogP contribution in [0.5, 0.6) is 11.5 Å². The van der Waals surface area contributed by atoms with Crippen LogP contribution >= 0.6 is 0 Å². The van der Waals surface area contributed by atoms with Crippen molar-refractivity contribution in [2.45, 2.75) is 38.6 Å². The molecule has 0 unspecified atom stereocenters. The summed E-state index contributed by atoms with van der Waals surface area (Å²) in [5, 5.41) is 14.0. The molecule has 0 heterocycles. The number of methoxy groups -OCH3 is 1. The second kappa shape index (κ2) is 8.79. The molecule has 1 saturated carbocycles. The highest BCUT2D eigenvalue weighted by Crippen LogP contribution is 2.37. The van der Waals surface area contributed by atoms with Crippen molar-refractivity contribution in [2.75, 3.05) is 7.11 Å². The van der Waals surface area contributed by atoms with Gasteiger partial charge >= 0.3 is 0 Å². The minimum atomic E-state index is -0.244. The number of phenols is 1. The molecule has 0 spiro atoms. The van der Waals surface area contributed by atoms with Crippen molar-refractivity contribution in [1.29, 1.82) is 0 Å². The van der Waals surface area contributed by atoms with Crippen LogP contribution in [0.15, 0.2) is 48.6 Å². The zero-order chi connectivity index (χ0) is 20.1. The molecule has 0 atom stereocenters. The molecule has 1 aliphatic rings. The number of hydrogen-bond donors (Lipinski definition) is 2. The molecule has 2 N–H and O–H groups in total. The summed E-state index contributed by atoms with van der Waals surface area (Å²) in [4.78, 5) is 12.9. The van der Waals surface area contributed by atoms with Crippen LogP contribution in [-0.4, -0.2) is 24.2 Å². The second-order valence-corrected chi connectivity index (χ2v) is 7.32. The van der Waals surface area contributed by atoms with Crippen LogP contribution in [-0.2, 0) is 6.42 Å². The van der Waals surface area contributed by atoms with Gasteiger partial charge in [-0.25, -0.2) is 0 Å². The first-order valence-corrected chi connectivity index (χ1v) is 9.60. The smallest absolute Gasteiger partial charge is 0.255 e. The van der Waals surface area contributed by atoms with Gasteiger partial charge in [0.15, 0.2) is 0 Å². The number of benzene rings is 2. The summed E-state index contributed by atoms with van der Waals surface area (Å²) in [5.41, 5.74) is 3.61. The van der Waals surface area contributed by atoms with E-state index in [9.17, 15) is 9.90 Å². The Morgan fingerprint density at radius 2 is 2.00 bits per heavy atom. The zero-order valence-corrected chi connectivity index (χ0v) is 16.5. The standard InChI is InChI=1S/C24H27NO3/c1-16(2)9-14-20-21(28-3)15-18(11-10-17-7-5-4-6-8-17)22(23(20)26)24(27)25-19-12-13-19/h4-8,10-11,15,19,26H,1,9,12-14H2,2-3H3,(H,25,27)/b11-10+. The summed E-state index contributed by atoms with van der Waals surface area (Å²) < 4.78 is 5.52. The number of amides is 1. The van der Waals surface area contributed by atoms with Gasteiger partial charge in [0.2, 0.25) is 0 Å². The summed E-state index contributed by atoms with van der Waals surface area (Å²) >= 11 is 0. The molecule has 1 fully saturated rings. The van der Waals surface area contributed by atoms with Gasteiger partial charge in [0.05, 0.1) is 12.7 Å². The van der Waals surface area contributed by atoms with E-state index in [0.29, 0.717) is 35.3 Å². The van der Waals surface area contributed by atoms with E-state index in [-0.39, 0.29) is 17.7 Å². The predicted molar refractivity (Wildman–Crippen MR) is 114 cm³/mol. The molecule has 4 heteroatoms. The monoisotopic (exact) mass is 377 g/mol. The van der Waals surface area contributed by atoms with Gasteiger partial charge in [0, 0.05) is 11.6 Å². The third-order valence-electron chi connectivity index (χ3n) is 4.81. The number of nitrogens with one attached hydrogen (secondary N) is 1. The van der Waals surface area contributed by atoms with Crippen LogP contribution in [0, 0.1) is 0 Å². The molecule has 1 amide bonds. The van der Waals surface area contributed by atoms with Crippen molar-refractivity contribution >= 4 is 18.1 Å². The van der Waals surface area contributed by atoms with E-state index in [0.717, 1.165) is 24.0 Å². The van der Waals surface area contributed by atoms with Crippen molar-refractivity contribution < 1.29 is 14.6 Å². The summed E-state index contributed by atoms with van der Waals surface area (Å²) in [5.74, 6) is 0.327. The third kappa shape index (κ3) is 4.83. The van der Waals surface area contributed by atoms with E-state index in [4.69, 9.17) is 4.74 Å². The molecule has 28 heavy (non-hydrogen) atoms. The van der Waals surface area contributed by atoms with Gasteiger partial charge < -0.3 is 15.2 Å². The Kier molecular flexibility index (Phi) is 6.19. The Balaban J connectivity index is 2.04. The lowest BCUT2D eigenvalue weighted by Crippen LogP contribution is -2.26. The van der Waals surface area contributed by atoms with E-state index >= 15 is 0 Å². The molecule has 3 rings (SSSR count). The van der Waals surface area contributed by atoms with Crippen LogP contribution in [0.3, 0.4) is 0 Å². The van der Waals surface area contributed by atoms with E-state index in [1.54, 1.807) is 7.11 Å². The molecule has 0 bridgehead atoms. The van der Waals surface area contributed by atoms with E-state index in [1.165, 1.54) is 0 Å². The van der Waals surface area contributed by atoms with Gasteiger partial charge in [0.25, 0.3) is 5.91 Å². The summed E-state index contributed by atoms with van der Waals surface area (Å²) in [6, 6.07) is 11.9. The van der Waals surface area contributed by atoms with Gasteiger partial charge in [-0.3, -0.25) is 4.79 Å². The highest BCUT2D eigenvalue weighted by Gasteiger charge is 2.28. The molecule has 2 aromatic carbocycles. The number of ether oxygens (including phenoxy) is 1. The fraction of sp³-hybridized carbons (Fsp3) is 0.292. The average molecular weight is 377 g/mol. The fourth-order valence-electron chi connectivity index (χ4n) is 3.07. The SMILES string of the molecule is C=C(C)CCc1c(OC)cc(/C=C/c2ccccc2)c(C(=O)NC2CC2)c1O. The van der Waals surface area contributed by atoms with Crippen LogP contribution in [0.4, 0.5) is 0 Å². The largest absolute Gasteiger partial charge is 0.507 e. The Hall–Kier alpha value is -3.01. The average Bonchev–Trinajstić information content (AvgIpc) is 3.49. The second-order valence-electron chi connectivity index (χ2n) is 7.32. The summed E-state index contributed by atoms with van der Waals surface area (Å²) in [6.45, 7) is 5.87. The quantitative estimate of drug-likeness (QED) is 0.504. The normalized spacial score (nSPS) is 13.5. The number of rotatable bonds is 8. The third-order valence-corrected chi connectivity index (χ3v) is 4.81. The molecule has 0 aliphatic heterocycles. The van der Waals surface area contributed by atoms with Crippen LogP contribution < -0.4 is 10.1 Å². The Morgan fingerprint density at radius 3 is 2.61 bits per heavy atom. The van der Waals surface area contributed by atoms with Crippen LogP contribution in [0.25, 0.3) is 12.2 Å². The molecular formula is C24H27NO3. The number of carbonyl (C=O) groups excluding carboxylic acids is 1. The zero-order valence-electron chi connectivity index (χ0n) is 16.5. The first-order valence-electron chi connectivity index (χ1n) is 9.60. The first-order chi connectivity index (χ1) is 13.5. The van der Waals surface area contributed by atoms with Gasteiger partial charge in [0.1, 0.15) is 11.5 Å². The van der Waals surface area contributed by atoms with Crippen molar-refractivity contribution in [3.63, 3.8) is 0 Å². The van der Waals surface area contributed by atoms with Gasteiger partial charge in [-0.15, -0.1) is 6.58 Å².